The first kappa shape index (κ1) is 17.3. The van der Waals surface area contributed by atoms with E-state index in [1.165, 1.54) is 0 Å². The fourth-order valence-electron chi connectivity index (χ4n) is 2.97. The number of aryl methyl sites for hydroxylation is 1. The quantitative estimate of drug-likeness (QED) is 0.780. The van der Waals surface area contributed by atoms with Crippen molar-refractivity contribution >= 4 is 11.6 Å². The van der Waals surface area contributed by atoms with Crippen LogP contribution < -0.4 is 25.6 Å². The minimum atomic E-state index is -0.323. The lowest BCUT2D eigenvalue weighted by molar-refractivity contribution is -0.117. The molecule has 6 nitrogen and oxygen atoms in total. The van der Waals surface area contributed by atoms with Gasteiger partial charge in [0.2, 0.25) is 5.91 Å². The molecule has 1 aliphatic heterocycles. The summed E-state index contributed by atoms with van der Waals surface area (Å²) < 4.78 is 10.7. The Balaban J connectivity index is 1.69. The first-order valence-corrected chi connectivity index (χ1v) is 8.22. The third-order valence-electron chi connectivity index (χ3n) is 4.44. The lowest BCUT2D eigenvalue weighted by atomic mass is 10.0. The number of nitrogens with one attached hydrogen (secondary N) is 3. The Morgan fingerprint density at radius 2 is 1.92 bits per heavy atom. The lowest BCUT2D eigenvalue weighted by Crippen LogP contribution is -2.39. The van der Waals surface area contributed by atoms with Gasteiger partial charge in [0.05, 0.1) is 20.3 Å². The van der Waals surface area contributed by atoms with E-state index in [9.17, 15) is 4.79 Å². The Hall–Kier alpha value is -2.57. The Bertz CT molecular complexity index is 763. The molecule has 2 aromatic carbocycles. The minimum absolute atomic E-state index is 0.0199. The van der Waals surface area contributed by atoms with Gasteiger partial charge in [0.1, 0.15) is 17.5 Å². The fourth-order valence-corrected chi connectivity index (χ4v) is 2.97. The second-order valence-electron chi connectivity index (χ2n) is 6.04. The highest BCUT2D eigenvalue weighted by Gasteiger charge is 2.31. The number of anilines is 1. The van der Waals surface area contributed by atoms with E-state index in [1.807, 2.05) is 49.4 Å². The molecule has 2 atom stereocenters. The van der Waals surface area contributed by atoms with Gasteiger partial charge in [-0.05, 0) is 31.0 Å². The van der Waals surface area contributed by atoms with Gasteiger partial charge < -0.3 is 14.8 Å². The van der Waals surface area contributed by atoms with Gasteiger partial charge in [0.25, 0.3) is 0 Å². The van der Waals surface area contributed by atoms with E-state index in [0.717, 1.165) is 28.3 Å². The van der Waals surface area contributed by atoms with E-state index in [2.05, 4.69) is 16.2 Å². The molecule has 0 aromatic heterocycles. The number of carbonyl (C=O) groups is 1. The second kappa shape index (κ2) is 7.55. The maximum Gasteiger partial charge on any atom is 0.242 e. The number of hydrazine groups is 1. The highest BCUT2D eigenvalue weighted by Crippen LogP contribution is 2.33. The van der Waals surface area contributed by atoms with Gasteiger partial charge in [0.15, 0.2) is 0 Å². The average molecular weight is 341 g/mol. The van der Waals surface area contributed by atoms with Crippen LogP contribution in [0.2, 0.25) is 0 Å². The van der Waals surface area contributed by atoms with Crippen LogP contribution in [0.15, 0.2) is 42.5 Å². The summed E-state index contributed by atoms with van der Waals surface area (Å²) in [5.74, 6) is 1.41. The number of carbonyl (C=O) groups excluding carboxylic acids is 1. The van der Waals surface area contributed by atoms with Crippen molar-refractivity contribution in [1.29, 1.82) is 0 Å². The number of para-hydroxylation sites is 1. The van der Waals surface area contributed by atoms with Crippen molar-refractivity contribution in [3.8, 4) is 11.5 Å². The van der Waals surface area contributed by atoms with Crippen molar-refractivity contribution in [3.05, 3.63) is 53.6 Å². The summed E-state index contributed by atoms with van der Waals surface area (Å²) in [7, 11) is 3.25. The lowest BCUT2D eigenvalue weighted by Gasteiger charge is -2.15. The molecule has 3 N–H and O–H groups in total. The zero-order valence-corrected chi connectivity index (χ0v) is 14.6. The zero-order chi connectivity index (χ0) is 17.8. The molecule has 0 spiro atoms. The molecule has 1 aliphatic rings. The van der Waals surface area contributed by atoms with Crippen molar-refractivity contribution in [2.45, 2.75) is 25.4 Å². The van der Waals surface area contributed by atoms with Gasteiger partial charge in [-0.3, -0.25) is 4.79 Å². The molecule has 1 heterocycles. The molecule has 2 aromatic rings. The third kappa shape index (κ3) is 3.75. The monoisotopic (exact) mass is 341 g/mol. The average Bonchev–Trinajstić information content (AvgIpc) is 3.13. The van der Waals surface area contributed by atoms with Gasteiger partial charge in [-0.1, -0.05) is 24.3 Å². The summed E-state index contributed by atoms with van der Waals surface area (Å²) in [4.78, 5) is 12.5. The Kier molecular flexibility index (Phi) is 5.21. The third-order valence-corrected chi connectivity index (χ3v) is 4.44. The summed E-state index contributed by atoms with van der Waals surface area (Å²) in [5, 5.41) is 2.98. The molecular weight excluding hydrogens is 318 g/mol. The Morgan fingerprint density at radius 3 is 2.64 bits per heavy atom. The topological polar surface area (TPSA) is 71.6 Å². The van der Waals surface area contributed by atoms with Crippen LogP contribution in [-0.2, 0) is 4.79 Å². The van der Waals surface area contributed by atoms with Gasteiger partial charge in [-0.25, -0.2) is 10.9 Å². The van der Waals surface area contributed by atoms with Crippen LogP contribution in [0.5, 0.6) is 11.5 Å². The van der Waals surface area contributed by atoms with Crippen LogP contribution in [0, 0.1) is 6.92 Å². The first-order valence-electron chi connectivity index (χ1n) is 8.22. The number of methoxy groups -OCH3 is 2. The molecule has 0 radical (unpaired) electrons. The molecular formula is C19H23N3O3. The van der Waals surface area contributed by atoms with Crippen LogP contribution in [0.3, 0.4) is 0 Å². The van der Waals surface area contributed by atoms with Crippen molar-refractivity contribution < 1.29 is 14.3 Å². The number of ether oxygens (including phenoxy) is 2. The van der Waals surface area contributed by atoms with Crippen LogP contribution in [0.25, 0.3) is 0 Å². The number of amides is 1. The van der Waals surface area contributed by atoms with E-state index < -0.39 is 0 Å². The molecule has 1 fully saturated rings. The van der Waals surface area contributed by atoms with Crippen LogP contribution >= 0.6 is 0 Å². The standard InChI is InChI=1S/C19H23N3O3/c1-12-6-4-5-7-15(12)20-19(23)17-11-16(21-22-17)14-9-8-13(24-2)10-18(14)25-3/h4-10,16-17,21-22H,11H2,1-3H3,(H,20,23). The molecule has 132 valence electrons. The van der Waals surface area contributed by atoms with Crippen LogP contribution in [0.4, 0.5) is 5.69 Å². The van der Waals surface area contributed by atoms with Gasteiger partial charge >= 0.3 is 0 Å². The number of hydrogen-bond donors (Lipinski definition) is 3. The van der Waals surface area contributed by atoms with E-state index >= 15 is 0 Å². The fraction of sp³-hybridized carbons (Fsp3) is 0.316. The highest BCUT2D eigenvalue weighted by molar-refractivity contribution is 5.95. The summed E-state index contributed by atoms with van der Waals surface area (Å²) >= 11 is 0. The van der Waals surface area contributed by atoms with Crippen molar-refractivity contribution in [2.75, 3.05) is 19.5 Å². The van der Waals surface area contributed by atoms with Crippen LogP contribution in [0.1, 0.15) is 23.6 Å². The molecule has 0 saturated carbocycles. The number of benzene rings is 2. The molecule has 1 amide bonds. The highest BCUT2D eigenvalue weighted by atomic mass is 16.5. The van der Waals surface area contributed by atoms with Crippen molar-refractivity contribution in [3.63, 3.8) is 0 Å². The van der Waals surface area contributed by atoms with Crippen molar-refractivity contribution in [2.24, 2.45) is 0 Å². The largest absolute Gasteiger partial charge is 0.497 e. The predicted molar refractivity (Wildman–Crippen MR) is 96.8 cm³/mol. The maximum absolute atomic E-state index is 12.5. The molecule has 6 heteroatoms. The van der Waals surface area contributed by atoms with E-state index in [0.29, 0.717) is 6.42 Å². The summed E-state index contributed by atoms with van der Waals surface area (Å²) in [6.07, 6.45) is 0.625. The Morgan fingerprint density at radius 1 is 1.12 bits per heavy atom. The molecule has 25 heavy (non-hydrogen) atoms. The smallest absolute Gasteiger partial charge is 0.242 e. The predicted octanol–water partition coefficient (Wildman–Crippen LogP) is 2.56. The van der Waals surface area contributed by atoms with E-state index in [1.54, 1.807) is 14.2 Å². The van der Waals surface area contributed by atoms with Gasteiger partial charge in [0, 0.05) is 17.3 Å². The number of rotatable bonds is 5. The summed E-state index contributed by atoms with van der Waals surface area (Å²) in [6.45, 7) is 1.97. The normalized spacial score (nSPS) is 19.5. The second-order valence-corrected chi connectivity index (χ2v) is 6.04. The van der Waals surface area contributed by atoms with E-state index in [-0.39, 0.29) is 18.0 Å². The van der Waals surface area contributed by atoms with E-state index in [4.69, 9.17) is 9.47 Å². The number of hydrogen-bond acceptors (Lipinski definition) is 5. The van der Waals surface area contributed by atoms with Crippen LogP contribution in [-0.4, -0.2) is 26.2 Å². The first-order chi connectivity index (χ1) is 12.1. The van der Waals surface area contributed by atoms with Crippen molar-refractivity contribution in [1.82, 2.24) is 10.9 Å². The molecule has 3 rings (SSSR count). The molecule has 0 bridgehead atoms. The van der Waals surface area contributed by atoms with Gasteiger partial charge in [-0.15, -0.1) is 0 Å². The zero-order valence-electron chi connectivity index (χ0n) is 14.6. The molecule has 0 aliphatic carbocycles. The Labute approximate surface area is 147 Å². The SMILES string of the molecule is COc1ccc(C2CC(C(=O)Nc3ccccc3C)NN2)c(OC)c1. The van der Waals surface area contributed by atoms with Gasteiger partial charge in [-0.2, -0.15) is 0 Å². The summed E-state index contributed by atoms with van der Waals surface area (Å²) in [6, 6.07) is 13.1. The summed E-state index contributed by atoms with van der Waals surface area (Å²) in [5.41, 5.74) is 9.12. The minimum Gasteiger partial charge on any atom is -0.497 e. The maximum atomic E-state index is 12.5. The molecule has 1 saturated heterocycles. The molecule has 2 unspecified atom stereocenters.